The molecule has 0 spiro atoms. The van der Waals surface area contributed by atoms with Crippen LogP contribution < -0.4 is 16.0 Å². The number of nitrogens with zero attached hydrogens (tertiary/aromatic N) is 3. The molecule has 4 aromatic rings. The van der Waals surface area contributed by atoms with Crippen molar-refractivity contribution in [2.45, 2.75) is 70.7 Å². The van der Waals surface area contributed by atoms with Crippen molar-refractivity contribution in [3.05, 3.63) is 68.7 Å². The van der Waals surface area contributed by atoms with Crippen LogP contribution in [0.25, 0.3) is 21.0 Å². The number of para-hydroxylation sites is 1. The van der Waals surface area contributed by atoms with E-state index < -0.39 is 6.10 Å². The van der Waals surface area contributed by atoms with Crippen LogP contribution in [0.15, 0.2) is 50.7 Å². The highest BCUT2D eigenvalue weighted by Crippen LogP contribution is 2.41. The first-order valence-electron chi connectivity index (χ1n) is 15.0. The van der Waals surface area contributed by atoms with Gasteiger partial charge in [0.05, 0.1) is 42.8 Å². The molecule has 0 unspecified atom stereocenters. The fourth-order valence-corrected chi connectivity index (χ4v) is 7.50. The quantitative estimate of drug-likeness (QED) is 0.211. The largest absolute Gasteiger partial charge is 0.496 e. The molecule has 0 radical (unpaired) electrons. The van der Waals surface area contributed by atoms with Crippen LogP contribution in [0.3, 0.4) is 0 Å². The molecular weight excluding hydrogens is 586 g/mol. The van der Waals surface area contributed by atoms with Gasteiger partial charge in [0, 0.05) is 31.7 Å². The Morgan fingerprint density at radius 3 is 2.66 bits per heavy atom. The molecule has 4 heterocycles. The average Bonchev–Trinajstić information content (AvgIpc) is 3.65. The van der Waals surface area contributed by atoms with Gasteiger partial charge in [-0.2, -0.15) is 0 Å². The number of oxazole rings is 1. The number of hydrogen-bond donors (Lipinski definition) is 0. The number of hydrogen-bond acceptors (Lipinski definition) is 10. The van der Waals surface area contributed by atoms with E-state index in [9.17, 15) is 14.4 Å². The van der Waals surface area contributed by atoms with Crippen LogP contribution in [0.5, 0.6) is 5.75 Å². The van der Waals surface area contributed by atoms with Gasteiger partial charge in [0.1, 0.15) is 22.9 Å². The fraction of sp³-hybridized carbons (Fsp3) is 0.500. The molecule has 11 nitrogen and oxygen atoms in total. The van der Waals surface area contributed by atoms with Crippen LogP contribution in [0, 0.1) is 12.8 Å². The Morgan fingerprint density at radius 1 is 1.18 bits per heavy atom. The Hall–Kier alpha value is -3.74. The third-order valence-corrected chi connectivity index (χ3v) is 9.94. The number of ether oxygens (including phenoxy) is 4. The standard InChI is InChI=1S/C32H37N3O8S/c1-19-27-30(37)35(22-16-21(17-22)8-14-41-20(2)36)32(38)34(31(27)44-28(19)29-33-11-15-42-29)18-26(43-23-9-12-40-13-10-23)24-6-4-5-7-25(24)39-3/h4-7,11,15,21-23,26H,8-10,12-14,16-18H2,1-3H3/t21?,22?,26-/m0/s1. The predicted molar refractivity (Wildman–Crippen MR) is 164 cm³/mol. The van der Waals surface area contributed by atoms with Crippen molar-refractivity contribution in [2.24, 2.45) is 5.92 Å². The van der Waals surface area contributed by atoms with E-state index in [1.807, 2.05) is 31.2 Å². The topological polar surface area (TPSA) is 124 Å². The number of fused-ring (bicyclic) bond motifs is 1. The molecular formula is C32H37N3O8S. The maximum absolute atomic E-state index is 14.4. The smallest absolute Gasteiger partial charge is 0.332 e. The van der Waals surface area contributed by atoms with Crippen LogP contribution in [-0.4, -0.2) is 53.1 Å². The number of benzene rings is 1. The summed E-state index contributed by atoms with van der Waals surface area (Å²) >= 11 is 1.33. The summed E-state index contributed by atoms with van der Waals surface area (Å²) in [7, 11) is 1.62. The maximum atomic E-state index is 14.4. The summed E-state index contributed by atoms with van der Waals surface area (Å²) < 4.78 is 31.8. The third kappa shape index (κ3) is 5.98. The lowest BCUT2D eigenvalue weighted by molar-refractivity contribution is -0.141. The molecule has 2 fully saturated rings. The molecule has 6 rings (SSSR count). The van der Waals surface area contributed by atoms with Gasteiger partial charge < -0.3 is 23.4 Å². The Kier molecular flexibility index (Phi) is 9.01. The lowest BCUT2D eigenvalue weighted by Crippen LogP contribution is -2.46. The number of methoxy groups -OCH3 is 1. The van der Waals surface area contributed by atoms with Gasteiger partial charge in [0.15, 0.2) is 0 Å². The van der Waals surface area contributed by atoms with Crippen LogP contribution >= 0.6 is 11.3 Å². The second kappa shape index (κ2) is 13.1. The van der Waals surface area contributed by atoms with Crippen molar-refractivity contribution in [1.82, 2.24) is 14.1 Å². The summed E-state index contributed by atoms with van der Waals surface area (Å²) in [5.74, 6) is 1.02. The van der Waals surface area contributed by atoms with E-state index in [2.05, 4.69) is 4.98 Å². The second-order valence-electron chi connectivity index (χ2n) is 11.4. The highest BCUT2D eigenvalue weighted by atomic mass is 32.1. The first-order chi connectivity index (χ1) is 21.4. The number of esters is 1. The van der Waals surface area contributed by atoms with Crippen LogP contribution in [0.4, 0.5) is 0 Å². The summed E-state index contributed by atoms with van der Waals surface area (Å²) in [4.78, 5) is 45.3. The summed E-state index contributed by atoms with van der Waals surface area (Å²) in [6, 6.07) is 7.42. The van der Waals surface area contributed by atoms with E-state index in [-0.39, 0.29) is 41.8 Å². The van der Waals surface area contributed by atoms with Crippen LogP contribution in [0.1, 0.15) is 62.3 Å². The zero-order chi connectivity index (χ0) is 30.8. The monoisotopic (exact) mass is 623 g/mol. The van der Waals surface area contributed by atoms with Gasteiger partial charge in [0.2, 0.25) is 5.89 Å². The second-order valence-corrected chi connectivity index (χ2v) is 12.4. The predicted octanol–water partition coefficient (Wildman–Crippen LogP) is 5.04. The molecule has 1 aliphatic heterocycles. The van der Waals surface area contributed by atoms with Gasteiger partial charge in [-0.05, 0) is 56.6 Å². The third-order valence-electron chi connectivity index (χ3n) is 8.64. The molecule has 234 valence electrons. The molecule has 1 aliphatic carbocycles. The molecule has 0 amide bonds. The Morgan fingerprint density at radius 2 is 1.95 bits per heavy atom. The van der Waals surface area contributed by atoms with E-state index in [1.165, 1.54) is 29.1 Å². The van der Waals surface area contributed by atoms with Crippen molar-refractivity contribution in [3.63, 3.8) is 0 Å². The van der Waals surface area contributed by atoms with Gasteiger partial charge in [0.25, 0.3) is 5.56 Å². The minimum Gasteiger partial charge on any atom is -0.496 e. The van der Waals surface area contributed by atoms with Gasteiger partial charge in [-0.25, -0.2) is 9.78 Å². The molecule has 1 atom stereocenters. The van der Waals surface area contributed by atoms with E-state index in [4.69, 9.17) is 23.4 Å². The van der Waals surface area contributed by atoms with Gasteiger partial charge in [-0.15, -0.1) is 11.3 Å². The van der Waals surface area contributed by atoms with Crippen molar-refractivity contribution >= 4 is 27.5 Å². The fourth-order valence-electron chi connectivity index (χ4n) is 6.26. The molecule has 2 aliphatic rings. The molecule has 12 heteroatoms. The summed E-state index contributed by atoms with van der Waals surface area (Å²) in [5, 5.41) is 0.482. The number of rotatable bonds is 11. The van der Waals surface area contributed by atoms with E-state index in [1.54, 1.807) is 17.9 Å². The normalized spacial score (nSPS) is 19.5. The highest BCUT2D eigenvalue weighted by molar-refractivity contribution is 7.22. The number of carbonyl (C=O) groups excluding carboxylic acids is 1. The Balaban J connectivity index is 1.44. The van der Waals surface area contributed by atoms with Gasteiger partial charge >= 0.3 is 11.7 Å². The van der Waals surface area contributed by atoms with Gasteiger partial charge in [-0.1, -0.05) is 18.2 Å². The number of thiophene rings is 1. The highest BCUT2D eigenvalue weighted by Gasteiger charge is 2.35. The van der Waals surface area contributed by atoms with E-state index in [0.29, 0.717) is 65.8 Å². The SMILES string of the molecule is COc1ccccc1[C@H](Cn1c(=O)n(C2CC(CCOC(C)=O)C2)c(=O)c2c(C)c(-c3ncco3)sc21)OC1CCOCC1. The van der Waals surface area contributed by atoms with Crippen LogP contribution in [0.2, 0.25) is 0 Å². The van der Waals surface area contributed by atoms with Crippen molar-refractivity contribution in [3.8, 4) is 16.5 Å². The molecule has 1 saturated carbocycles. The first-order valence-corrected chi connectivity index (χ1v) is 15.8. The lowest BCUT2D eigenvalue weighted by Gasteiger charge is -2.36. The maximum Gasteiger partial charge on any atom is 0.332 e. The zero-order valence-corrected chi connectivity index (χ0v) is 26.0. The minimum absolute atomic E-state index is 0.0478. The summed E-state index contributed by atoms with van der Waals surface area (Å²) in [6.45, 7) is 5.00. The minimum atomic E-state index is -0.522. The van der Waals surface area contributed by atoms with Crippen molar-refractivity contribution in [1.29, 1.82) is 0 Å². The molecule has 0 N–H and O–H groups in total. The summed E-state index contributed by atoms with van der Waals surface area (Å²) in [5.41, 5.74) is 0.872. The van der Waals surface area contributed by atoms with E-state index in [0.717, 1.165) is 24.0 Å². The number of aromatic nitrogens is 3. The molecule has 0 bridgehead atoms. The van der Waals surface area contributed by atoms with Crippen LogP contribution in [-0.2, 0) is 25.5 Å². The molecule has 1 saturated heterocycles. The van der Waals surface area contributed by atoms with Crippen molar-refractivity contribution in [2.75, 3.05) is 26.9 Å². The Labute approximate surface area is 258 Å². The number of carbonyl (C=O) groups is 1. The van der Waals surface area contributed by atoms with E-state index >= 15 is 0 Å². The summed E-state index contributed by atoms with van der Waals surface area (Å²) in [6.07, 6.45) is 6.00. The Bertz CT molecular complexity index is 1730. The lowest BCUT2D eigenvalue weighted by atomic mass is 9.78. The zero-order valence-electron chi connectivity index (χ0n) is 25.2. The van der Waals surface area contributed by atoms with Gasteiger partial charge in [-0.3, -0.25) is 18.7 Å². The van der Waals surface area contributed by atoms with Crippen molar-refractivity contribution < 1.29 is 28.2 Å². The first kappa shape index (κ1) is 30.3. The average molecular weight is 624 g/mol. The molecule has 44 heavy (non-hydrogen) atoms. The molecule has 3 aromatic heterocycles. The molecule has 1 aromatic carbocycles. The number of aryl methyl sites for hydroxylation is 1.